The van der Waals surface area contributed by atoms with Crippen molar-refractivity contribution in [2.75, 3.05) is 6.61 Å². The molecule has 0 aliphatic heterocycles. The lowest BCUT2D eigenvalue weighted by Gasteiger charge is -1.98. The van der Waals surface area contributed by atoms with E-state index in [-0.39, 0.29) is 19.0 Å². The van der Waals surface area contributed by atoms with Crippen LogP contribution in [0, 0.1) is 0 Å². The van der Waals surface area contributed by atoms with Gasteiger partial charge in [0.25, 0.3) is 0 Å². The van der Waals surface area contributed by atoms with Crippen molar-refractivity contribution in [1.82, 2.24) is 9.97 Å². The van der Waals surface area contributed by atoms with Crippen molar-refractivity contribution in [3.05, 3.63) is 30.9 Å². The summed E-state index contributed by atoms with van der Waals surface area (Å²) in [6.07, 6.45) is 4.97. The molecule has 0 saturated heterocycles. The van der Waals surface area contributed by atoms with Crippen LogP contribution in [-0.2, 0) is 16.0 Å². The Morgan fingerprint density at radius 3 is 3.25 bits per heavy atom. The molecule has 0 aliphatic rings. The number of hydrogen-bond acceptors (Lipinski definition) is 3. The van der Waals surface area contributed by atoms with Crippen LogP contribution in [0.4, 0.5) is 0 Å². The number of carbonyl (C=O) groups is 1. The molecule has 0 radical (unpaired) electrons. The van der Waals surface area contributed by atoms with Crippen LogP contribution in [0.25, 0.3) is 0 Å². The van der Waals surface area contributed by atoms with Gasteiger partial charge in [-0.3, -0.25) is 4.79 Å². The summed E-state index contributed by atoms with van der Waals surface area (Å²) in [5.74, 6) is 0.314. The summed E-state index contributed by atoms with van der Waals surface area (Å²) in [6, 6.07) is 0. The van der Waals surface area contributed by atoms with Crippen molar-refractivity contribution in [2.45, 2.75) is 6.42 Å². The quantitative estimate of drug-likeness (QED) is 0.528. The van der Waals surface area contributed by atoms with Crippen molar-refractivity contribution < 1.29 is 9.53 Å². The summed E-state index contributed by atoms with van der Waals surface area (Å²) in [6.45, 7) is 3.68. The molecule has 0 unspecified atom stereocenters. The lowest BCUT2D eigenvalue weighted by Crippen LogP contribution is -2.08. The molecule has 1 aromatic heterocycles. The van der Waals surface area contributed by atoms with Crippen LogP contribution in [0.2, 0.25) is 0 Å². The van der Waals surface area contributed by atoms with E-state index in [9.17, 15) is 4.79 Å². The molecule has 1 aromatic rings. The number of imidazole rings is 1. The second-order valence-electron chi connectivity index (χ2n) is 2.18. The van der Waals surface area contributed by atoms with E-state index >= 15 is 0 Å². The lowest BCUT2D eigenvalue weighted by molar-refractivity contribution is -0.141. The molecule has 4 nitrogen and oxygen atoms in total. The van der Waals surface area contributed by atoms with Crippen molar-refractivity contribution >= 4 is 5.97 Å². The maximum atomic E-state index is 10.9. The average molecular weight is 166 g/mol. The van der Waals surface area contributed by atoms with E-state index in [2.05, 4.69) is 16.5 Å². The summed E-state index contributed by atoms with van der Waals surface area (Å²) in [5, 5.41) is 0. The SMILES string of the molecule is C=CCOC(=O)Cc1ncc[nH]1. The third kappa shape index (κ3) is 2.57. The first-order valence-corrected chi connectivity index (χ1v) is 3.57. The van der Waals surface area contributed by atoms with Gasteiger partial charge in [-0.25, -0.2) is 4.98 Å². The minimum absolute atomic E-state index is 0.181. The van der Waals surface area contributed by atoms with Gasteiger partial charge in [-0.2, -0.15) is 0 Å². The molecule has 0 amide bonds. The Bertz CT molecular complexity index is 254. The monoisotopic (exact) mass is 166 g/mol. The second kappa shape index (κ2) is 4.33. The maximum absolute atomic E-state index is 10.9. The highest BCUT2D eigenvalue weighted by Crippen LogP contribution is 1.92. The number of H-pyrrole nitrogens is 1. The van der Waals surface area contributed by atoms with Crippen LogP contribution in [0.5, 0.6) is 0 Å². The van der Waals surface area contributed by atoms with E-state index in [0.717, 1.165) is 0 Å². The van der Waals surface area contributed by atoms with Crippen molar-refractivity contribution in [3.63, 3.8) is 0 Å². The van der Waals surface area contributed by atoms with Gasteiger partial charge in [-0.15, -0.1) is 0 Å². The molecule has 0 bridgehead atoms. The Hall–Kier alpha value is -1.58. The molecule has 12 heavy (non-hydrogen) atoms. The van der Waals surface area contributed by atoms with Gasteiger partial charge in [0.15, 0.2) is 0 Å². The normalized spacial score (nSPS) is 9.33. The van der Waals surface area contributed by atoms with Gasteiger partial charge in [0.2, 0.25) is 0 Å². The van der Waals surface area contributed by atoms with Crippen LogP contribution in [0.3, 0.4) is 0 Å². The fourth-order valence-corrected chi connectivity index (χ4v) is 0.734. The summed E-state index contributed by atoms with van der Waals surface area (Å²) >= 11 is 0. The fraction of sp³-hybridized carbons (Fsp3) is 0.250. The lowest BCUT2D eigenvalue weighted by atomic mass is 10.4. The number of carbonyl (C=O) groups excluding carboxylic acids is 1. The van der Waals surface area contributed by atoms with Gasteiger partial charge in [0.1, 0.15) is 18.9 Å². The minimum Gasteiger partial charge on any atom is -0.461 e. The van der Waals surface area contributed by atoms with Gasteiger partial charge in [-0.05, 0) is 0 Å². The van der Waals surface area contributed by atoms with Crippen molar-refractivity contribution in [2.24, 2.45) is 0 Å². The Labute approximate surface area is 70.3 Å². The summed E-state index contributed by atoms with van der Waals surface area (Å²) in [7, 11) is 0. The molecule has 0 aliphatic carbocycles. The van der Waals surface area contributed by atoms with Crippen LogP contribution in [0.15, 0.2) is 25.0 Å². The Morgan fingerprint density at radius 2 is 2.67 bits per heavy atom. The van der Waals surface area contributed by atoms with E-state index in [1.54, 1.807) is 12.4 Å². The number of hydrogen-bond donors (Lipinski definition) is 1. The van der Waals surface area contributed by atoms with E-state index in [1.165, 1.54) is 6.08 Å². The van der Waals surface area contributed by atoms with Crippen molar-refractivity contribution in [1.29, 1.82) is 0 Å². The highest BCUT2D eigenvalue weighted by atomic mass is 16.5. The largest absolute Gasteiger partial charge is 0.461 e. The number of esters is 1. The molecule has 0 atom stereocenters. The molecule has 1 N–H and O–H groups in total. The fourth-order valence-electron chi connectivity index (χ4n) is 0.734. The van der Waals surface area contributed by atoms with Crippen LogP contribution >= 0.6 is 0 Å². The highest BCUT2D eigenvalue weighted by molar-refractivity contribution is 5.71. The molecular formula is C8H10N2O2. The Balaban J connectivity index is 2.32. The molecular weight excluding hydrogens is 156 g/mol. The van der Waals surface area contributed by atoms with Crippen LogP contribution in [0.1, 0.15) is 5.82 Å². The van der Waals surface area contributed by atoms with Gasteiger partial charge in [-0.1, -0.05) is 12.7 Å². The molecule has 1 rings (SSSR count). The standard InChI is InChI=1S/C8H10N2O2/c1-2-5-12-8(11)6-7-9-3-4-10-7/h2-4H,1,5-6H2,(H,9,10). The third-order valence-corrected chi connectivity index (χ3v) is 1.23. The molecule has 1 heterocycles. The van der Waals surface area contributed by atoms with Gasteiger partial charge >= 0.3 is 5.97 Å². The van der Waals surface area contributed by atoms with E-state index < -0.39 is 0 Å². The number of aromatic nitrogens is 2. The number of ether oxygens (including phenoxy) is 1. The number of aromatic amines is 1. The molecule has 0 aromatic carbocycles. The molecule has 0 saturated carbocycles. The summed E-state index contributed by atoms with van der Waals surface area (Å²) in [4.78, 5) is 17.6. The molecule has 4 heteroatoms. The third-order valence-electron chi connectivity index (χ3n) is 1.23. The Kier molecular flexibility index (Phi) is 3.07. The number of nitrogens with one attached hydrogen (secondary N) is 1. The molecule has 0 fully saturated rings. The first kappa shape index (κ1) is 8.52. The Morgan fingerprint density at radius 1 is 1.83 bits per heavy atom. The first-order chi connectivity index (χ1) is 5.83. The zero-order valence-electron chi connectivity index (χ0n) is 6.62. The average Bonchev–Trinajstić information content (AvgIpc) is 2.53. The first-order valence-electron chi connectivity index (χ1n) is 3.57. The molecule has 0 spiro atoms. The number of nitrogens with zero attached hydrogens (tertiary/aromatic N) is 1. The van der Waals surface area contributed by atoms with Gasteiger partial charge in [0, 0.05) is 12.4 Å². The van der Waals surface area contributed by atoms with E-state index in [1.807, 2.05) is 0 Å². The predicted molar refractivity (Wildman–Crippen MR) is 43.4 cm³/mol. The second-order valence-corrected chi connectivity index (χ2v) is 2.18. The number of rotatable bonds is 4. The van der Waals surface area contributed by atoms with Gasteiger partial charge < -0.3 is 9.72 Å². The maximum Gasteiger partial charge on any atom is 0.313 e. The van der Waals surface area contributed by atoms with Crippen molar-refractivity contribution in [3.8, 4) is 0 Å². The van der Waals surface area contributed by atoms with Crippen LogP contribution in [-0.4, -0.2) is 22.5 Å². The zero-order valence-corrected chi connectivity index (χ0v) is 6.62. The summed E-state index contributed by atoms with van der Waals surface area (Å²) < 4.78 is 4.75. The highest BCUT2D eigenvalue weighted by Gasteiger charge is 2.04. The van der Waals surface area contributed by atoms with Crippen LogP contribution < -0.4 is 0 Å². The van der Waals surface area contributed by atoms with E-state index in [4.69, 9.17) is 4.74 Å². The van der Waals surface area contributed by atoms with E-state index in [0.29, 0.717) is 5.82 Å². The smallest absolute Gasteiger partial charge is 0.313 e. The molecule has 64 valence electrons. The topological polar surface area (TPSA) is 55.0 Å². The minimum atomic E-state index is -0.301. The van der Waals surface area contributed by atoms with Gasteiger partial charge in [0.05, 0.1) is 0 Å². The predicted octanol–water partition coefficient (Wildman–Crippen LogP) is 0.681. The zero-order chi connectivity index (χ0) is 8.81. The summed E-state index contributed by atoms with van der Waals surface area (Å²) in [5.41, 5.74) is 0.